The van der Waals surface area contributed by atoms with Gasteiger partial charge in [-0.1, -0.05) is 39.0 Å². The first kappa shape index (κ1) is 17.0. The quantitative estimate of drug-likeness (QED) is 0.793. The van der Waals surface area contributed by atoms with E-state index < -0.39 is 0 Å². The Bertz CT molecular complexity index is 606. The van der Waals surface area contributed by atoms with Crippen molar-refractivity contribution >= 4 is 17.5 Å². The number of rotatable bonds is 1. The molecule has 0 N–H and O–H groups in total. The monoisotopic (exact) mass is 328 g/mol. The van der Waals surface area contributed by atoms with Crippen molar-refractivity contribution in [1.29, 1.82) is 0 Å². The van der Waals surface area contributed by atoms with E-state index in [-0.39, 0.29) is 17.2 Å². The Balaban J connectivity index is 1.71. The van der Waals surface area contributed by atoms with Crippen LogP contribution in [0.5, 0.6) is 0 Å². The van der Waals surface area contributed by atoms with Gasteiger partial charge in [-0.15, -0.1) is 0 Å². The molecule has 4 heteroatoms. The van der Waals surface area contributed by atoms with Crippen LogP contribution in [0.3, 0.4) is 0 Å². The number of nitrogens with zero attached hydrogens (tertiary/aromatic N) is 2. The van der Waals surface area contributed by atoms with E-state index in [1.54, 1.807) is 0 Å². The number of carbonyl (C=O) groups is 2. The van der Waals surface area contributed by atoms with Gasteiger partial charge in [-0.05, 0) is 36.8 Å². The Morgan fingerprint density at radius 3 is 2.38 bits per heavy atom. The van der Waals surface area contributed by atoms with Crippen molar-refractivity contribution in [2.24, 2.45) is 17.3 Å². The van der Waals surface area contributed by atoms with Gasteiger partial charge in [0.15, 0.2) is 0 Å². The predicted octanol–water partition coefficient (Wildman–Crippen LogP) is 3.32. The molecule has 0 saturated carbocycles. The third-order valence-corrected chi connectivity index (χ3v) is 5.35. The third kappa shape index (κ3) is 3.47. The largest absolute Gasteiger partial charge is 0.342 e. The highest BCUT2D eigenvalue weighted by Gasteiger charge is 2.38. The Morgan fingerprint density at radius 2 is 1.71 bits per heavy atom. The van der Waals surface area contributed by atoms with Crippen LogP contribution in [-0.4, -0.2) is 36.3 Å². The lowest BCUT2D eigenvalue weighted by Crippen LogP contribution is -2.47. The molecule has 2 aliphatic heterocycles. The number of likely N-dealkylation sites (tertiary alicyclic amines) is 1. The summed E-state index contributed by atoms with van der Waals surface area (Å²) in [7, 11) is 0. The van der Waals surface area contributed by atoms with Gasteiger partial charge >= 0.3 is 0 Å². The molecule has 2 atom stereocenters. The number of fused-ring (bicyclic) bond motifs is 1. The molecule has 0 aromatic heterocycles. The highest BCUT2D eigenvalue weighted by Crippen LogP contribution is 2.35. The number of hydrogen-bond donors (Lipinski definition) is 0. The van der Waals surface area contributed by atoms with E-state index in [9.17, 15) is 9.59 Å². The van der Waals surface area contributed by atoms with Crippen molar-refractivity contribution in [3.8, 4) is 0 Å². The van der Waals surface area contributed by atoms with Crippen molar-refractivity contribution in [3.63, 3.8) is 0 Å². The number of para-hydroxylation sites is 1. The fraction of sp³-hybridized carbons (Fsp3) is 0.600. The molecule has 0 aliphatic carbocycles. The first-order valence-corrected chi connectivity index (χ1v) is 9.01. The molecule has 0 spiro atoms. The molecular formula is C20H28N2O2. The minimum Gasteiger partial charge on any atom is -0.342 e. The van der Waals surface area contributed by atoms with Crippen LogP contribution in [0.25, 0.3) is 0 Å². The van der Waals surface area contributed by atoms with Crippen LogP contribution in [0.4, 0.5) is 5.69 Å². The average Bonchev–Trinajstić information content (AvgIpc) is 2.71. The molecule has 1 aromatic rings. The Labute approximate surface area is 144 Å². The third-order valence-electron chi connectivity index (χ3n) is 5.35. The van der Waals surface area contributed by atoms with Gasteiger partial charge < -0.3 is 9.80 Å². The van der Waals surface area contributed by atoms with Crippen LogP contribution in [0.15, 0.2) is 30.3 Å². The Morgan fingerprint density at radius 1 is 1.04 bits per heavy atom. The van der Waals surface area contributed by atoms with Crippen LogP contribution in [0.1, 0.15) is 40.0 Å². The summed E-state index contributed by atoms with van der Waals surface area (Å²) in [4.78, 5) is 29.2. The summed E-state index contributed by atoms with van der Waals surface area (Å²) in [5, 5.41) is 0. The molecule has 2 heterocycles. The molecule has 2 fully saturated rings. The SMILES string of the molecule is CC(C)(C)C(=O)N1CC[C@@H]2CC(=O)N(c3ccccc3)CC[C@H]2C1. The summed E-state index contributed by atoms with van der Waals surface area (Å²) in [5.41, 5.74) is 0.660. The lowest BCUT2D eigenvalue weighted by Gasteiger charge is -2.40. The van der Waals surface area contributed by atoms with Gasteiger partial charge in [-0.25, -0.2) is 0 Å². The molecule has 1 aromatic carbocycles. The molecule has 4 nitrogen and oxygen atoms in total. The second-order valence-electron chi connectivity index (χ2n) is 8.18. The Hall–Kier alpha value is -1.84. The maximum Gasteiger partial charge on any atom is 0.227 e. The number of anilines is 1. The summed E-state index contributed by atoms with van der Waals surface area (Å²) >= 11 is 0. The summed E-state index contributed by atoms with van der Waals surface area (Å²) < 4.78 is 0. The van der Waals surface area contributed by atoms with E-state index in [1.165, 1.54) is 0 Å². The second kappa shape index (κ2) is 6.58. The van der Waals surface area contributed by atoms with Gasteiger partial charge in [0.25, 0.3) is 0 Å². The normalized spacial score (nSPS) is 25.2. The number of piperidine rings is 1. The fourth-order valence-corrected chi connectivity index (χ4v) is 3.97. The van der Waals surface area contributed by atoms with Crippen molar-refractivity contribution < 1.29 is 9.59 Å². The Kier molecular flexibility index (Phi) is 4.66. The molecular weight excluding hydrogens is 300 g/mol. The first-order valence-electron chi connectivity index (χ1n) is 9.01. The minimum absolute atomic E-state index is 0.226. The highest BCUT2D eigenvalue weighted by molar-refractivity contribution is 5.93. The molecule has 2 aliphatic rings. The number of benzene rings is 1. The zero-order chi connectivity index (χ0) is 17.3. The van der Waals surface area contributed by atoms with E-state index in [0.29, 0.717) is 18.3 Å². The zero-order valence-corrected chi connectivity index (χ0v) is 15.0. The van der Waals surface area contributed by atoms with Crippen LogP contribution < -0.4 is 4.90 Å². The maximum absolute atomic E-state index is 12.7. The van der Waals surface area contributed by atoms with Gasteiger partial charge in [0, 0.05) is 37.2 Å². The van der Waals surface area contributed by atoms with Crippen molar-refractivity contribution in [2.75, 3.05) is 24.5 Å². The summed E-state index contributed by atoms with van der Waals surface area (Å²) in [6.07, 6.45) is 2.52. The van der Waals surface area contributed by atoms with Gasteiger partial charge in [-0.3, -0.25) is 9.59 Å². The predicted molar refractivity (Wildman–Crippen MR) is 95.7 cm³/mol. The molecule has 24 heavy (non-hydrogen) atoms. The van der Waals surface area contributed by atoms with E-state index in [1.807, 2.05) is 60.9 Å². The van der Waals surface area contributed by atoms with E-state index in [0.717, 1.165) is 38.2 Å². The van der Waals surface area contributed by atoms with Crippen LogP contribution in [0.2, 0.25) is 0 Å². The molecule has 130 valence electrons. The summed E-state index contributed by atoms with van der Waals surface area (Å²) in [6, 6.07) is 9.93. The fourth-order valence-electron chi connectivity index (χ4n) is 3.97. The van der Waals surface area contributed by atoms with Crippen LogP contribution in [0, 0.1) is 17.3 Å². The van der Waals surface area contributed by atoms with Gasteiger partial charge in [0.1, 0.15) is 0 Å². The van der Waals surface area contributed by atoms with Gasteiger partial charge in [0.05, 0.1) is 0 Å². The van der Waals surface area contributed by atoms with Crippen molar-refractivity contribution in [3.05, 3.63) is 30.3 Å². The number of carbonyl (C=O) groups excluding carboxylic acids is 2. The topological polar surface area (TPSA) is 40.6 Å². The van der Waals surface area contributed by atoms with E-state index in [2.05, 4.69) is 0 Å². The summed E-state index contributed by atoms with van der Waals surface area (Å²) in [5.74, 6) is 1.30. The first-order chi connectivity index (χ1) is 11.4. The number of hydrogen-bond acceptors (Lipinski definition) is 2. The van der Waals surface area contributed by atoms with Crippen molar-refractivity contribution in [1.82, 2.24) is 4.90 Å². The maximum atomic E-state index is 12.7. The molecule has 2 amide bonds. The molecule has 0 bridgehead atoms. The molecule has 3 rings (SSSR count). The molecule has 0 radical (unpaired) electrons. The lowest BCUT2D eigenvalue weighted by molar-refractivity contribution is -0.142. The zero-order valence-electron chi connectivity index (χ0n) is 15.0. The van der Waals surface area contributed by atoms with E-state index in [4.69, 9.17) is 0 Å². The van der Waals surface area contributed by atoms with Gasteiger partial charge in [0.2, 0.25) is 11.8 Å². The summed E-state index contributed by atoms with van der Waals surface area (Å²) in [6.45, 7) is 8.29. The van der Waals surface area contributed by atoms with Crippen molar-refractivity contribution in [2.45, 2.75) is 40.0 Å². The van der Waals surface area contributed by atoms with Gasteiger partial charge in [-0.2, -0.15) is 0 Å². The standard InChI is InChI=1S/C20H28N2O2/c1-20(2,3)19(24)21-11-9-15-13-18(23)22(12-10-16(15)14-21)17-7-5-4-6-8-17/h4-8,15-16H,9-14H2,1-3H3/t15-,16+/m1/s1. The second-order valence-corrected chi connectivity index (χ2v) is 8.18. The molecule has 0 unspecified atom stereocenters. The number of amides is 2. The smallest absolute Gasteiger partial charge is 0.227 e. The van der Waals surface area contributed by atoms with Crippen LogP contribution in [-0.2, 0) is 9.59 Å². The average molecular weight is 328 g/mol. The highest BCUT2D eigenvalue weighted by atomic mass is 16.2. The van der Waals surface area contributed by atoms with E-state index >= 15 is 0 Å². The molecule has 2 saturated heterocycles. The van der Waals surface area contributed by atoms with Crippen LogP contribution >= 0.6 is 0 Å². The minimum atomic E-state index is -0.330. The lowest BCUT2D eigenvalue weighted by atomic mass is 9.81.